The van der Waals surface area contributed by atoms with E-state index in [9.17, 15) is 4.79 Å². The third kappa shape index (κ3) is 4.04. The van der Waals surface area contributed by atoms with E-state index in [0.717, 1.165) is 27.5 Å². The highest BCUT2D eigenvalue weighted by molar-refractivity contribution is 9.15. The number of methoxy groups -OCH3 is 1. The molecule has 27 heavy (non-hydrogen) atoms. The molecule has 0 aliphatic heterocycles. The monoisotopic (exact) mass is 420 g/mol. The lowest BCUT2D eigenvalue weighted by atomic mass is 9.95. The molecule has 0 radical (unpaired) electrons. The van der Waals surface area contributed by atoms with Gasteiger partial charge < -0.3 is 4.74 Å². The van der Waals surface area contributed by atoms with E-state index in [0.29, 0.717) is 11.3 Å². The predicted octanol–water partition coefficient (Wildman–Crippen LogP) is 6.68. The van der Waals surface area contributed by atoms with E-state index in [-0.39, 0.29) is 0 Å². The van der Waals surface area contributed by atoms with E-state index in [1.54, 1.807) is 7.11 Å². The molecule has 0 aliphatic carbocycles. The number of aldehydes is 1. The normalized spacial score (nSPS) is 11.3. The Bertz CT molecular complexity index is 1000. The van der Waals surface area contributed by atoms with E-state index >= 15 is 0 Å². The molecule has 0 saturated carbocycles. The summed E-state index contributed by atoms with van der Waals surface area (Å²) in [5.74, 6) is 0.575. The molecule has 3 rings (SSSR count). The topological polar surface area (TPSA) is 26.3 Å². The van der Waals surface area contributed by atoms with Gasteiger partial charge >= 0.3 is 0 Å². The van der Waals surface area contributed by atoms with Gasteiger partial charge in [0, 0.05) is 4.48 Å². The van der Waals surface area contributed by atoms with Crippen molar-refractivity contribution in [1.29, 1.82) is 0 Å². The lowest BCUT2D eigenvalue weighted by Crippen LogP contribution is -1.95. The Morgan fingerprint density at radius 3 is 2.37 bits per heavy atom. The Morgan fingerprint density at radius 2 is 1.70 bits per heavy atom. The van der Waals surface area contributed by atoms with Gasteiger partial charge in [0.2, 0.25) is 0 Å². The molecule has 3 heteroatoms. The van der Waals surface area contributed by atoms with E-state index in [1.165, 1.54) is 16.7 Å². The molecule has 0 fully saturated rings. The molecule has 0 N–H and O–H groups in total. The summed E-state index contributed by atoms with van der Waals surface area (Å²) in [6.07, 6.45) is 2.94. The van der Waals surface area contributed by atoms with Crippen molar-refractivity contribution in [1.82, 2.24) is 0 Å². The van der Waals surface area contributed by atoms with Crippen molar-refractivity contribution in [2.24, 2.45) is 0 Å². The van der Waals surface area contributed by atoms with Crippen molar-refractivity contribution in [3.8, 4) is 16.9 Å². The number of hydrogen-bond donors (Lipinski definition) is 0. The molecular formula is C24H21BrO2. The molecule has 0 spiro atoms. The maximum atomic E-state index is 11.2. The van der Waals surface area contributed by atoms with Crippen LogP contribution >= 0.6 is 15.9 Å². The molecular weight excluding hydrogens is 400 g/mol. The number of ether oxygens (including phenoxy) is 1. The first kappa shape index (κ1) is 19.1. The van der Waals surface area contributed by atoms with Gasteiger partial charge in [0.15, 0.2) is 6.29 Å². The van der Waals surface area contributed by atoms with Crippen molar-refractivity contribution in [3.63, 3.8) is 0 Å². The zero-order chi connectivity index (χ0) is 19.4. The van der Waals surface area contributed by atoms with Crippen molar-refractivity contribution in [3.05, 3.63) is 88.5 Å². The van der Waals surface area contributed by atoms with Crippen molar-refractivity contribution in [2.45, 2.75) is 13.8 Å². The van der Waals surface area contributed by atoms with Crippen LogP contribution in [0.25, 0.3) is 21.7 Å². The number of benzene rings is 3. The van der Waals surface area contributed by atoms with Gasteiger partial charge in [0.25, 0.3) is 0 Å². The fourth-order valence-corrected chi connectivity index (χ4v) is 3.86. The highest BCUT2D eigenvalue weighted by Gasteiger charge is 2.11. The Hall–Kier alpha value is -2.65. The molecule has 0 saturated heterocycles. The van der Waals surface area contributed by atoms with Crippen LogP contribution in [-0.4, -0.2) is 13.4 Å². The summed E-state index contributed by atoms with van der Waals surface area (Å²) in [6, 6.07) is 20.5. The molecule has 136 valence electrons. The number of halogens is 1. The minimum absolute atomic E-state index is 0.557. The SMILES string of the molecule is COc1cc(/C(Br)=C/c2cccc(-c3ccccc3)c2C)c(C)cc1C=O. The van der Waals surface area contributed by atoms with Gasteiger partial charge in [-0.15, -0.1) is 0 Å². The van der Waals surface area contributed by atoms with Crippen LogP contribution in [0.3, 0.4) is 0 Å². The number of aryl methyl sites for hydroxylation is 1. The molecule has 3 aromatic rings. The van der Waals surface area contributed by atoms with Crippen molar-refractivity contribution >= 4 is 32.8 Å². The molecule has 0 amide bonds. The first-order valence-corrected chi connectivity index (χ1v) is 9.51. The summed E-state index contributed by atoms with van der Waals surface area (Å²) < 4.78 is 6.30. The lowest BCUT2D eigenvalue weighted by Gasteiger charge is -2.12. The van der Waals surface area contributed by atoms with Crippen LogP contribution in [0.2, 0.25) is 0 Å². The smallest absolute Gasteiger partial charge is 0.153 e. The molecule has 0 bridgehead atoms. The maximum absolute atomic E-state index is 11.2. The summed E-state index contributed by atoms with van der Waals surface area (Å²) in [6.45, 7) is 4.13. The summed E-state index contributed by atoms with van der Waals surface area (Å²) in [7, 11) is 1.58. The van der Waals surface area contributed by atoms with Gasteiger partial charge in [-0.2, -0.15) is 0 Å². The second-order valence-corrected chi connectivity index (χ2v) is 7.26. The molecule has 0 aliphatic rings. The van der Waals surface area contributed by atoms with Gasteiger partial charge in [0.1, 0.15) is 5.75 Å². The first-order valence-electron chi connectivity index (χ1n) is 8.71. The summed E-state index contributed by atoms with van der Waals surface area (Å²) >= 11 is 3.72. The standard InChI is InChI=1S/C24H21BrO2/c1-16-12-20(15-26)24(27-3)14-22(16)23(25)13-19-10-7-11-21(17(19)2)18-8-5-4-6-9-18/h4-15H,1-3H3/b23-13-. The Kier molecular flexibility index (Phi) is 5.92. The number of rotatable bonds is 5. The molecule has 3 aromatic carbocycles. The Balaban J connectivity index is 2.06. The predicted molar refractivity (Wildman–Crippen MR) is 117 cm³/mol. The van der Waals surface area contributed by atoms with E-state index in [2.05, 4.69) is 71.4 Å². The average Bonchev–Trinajstić information content (AvgIpc) is 2.69. The van der Waals surface area contributed by atoms with Crippen LogP contribution in [-0.2, 0) is 0 Å². The van der Waals surface area contributed by atoms with Crippen molar-refractivity contribution in [2.75, 3.05) is 7.11 Å². The molecule has 0 aromatic heterocycles. The van der Waals surface area contributed by atoms with Crippen LogP contribution in [0.15, 0.2) is 60.7 Å². The summed E-state index contributed by atoms with van der Waals surface area (Å²) in [4.78, 5) is 11.2. The third-order valence-corrected chi connectivity index (χ3v) is 5.36. The lowest BCUT2D eigenvalue weighted by molar-refractivity contribution is 0.112. The van der Waals surface area contributed by atoms with Gasteiger partial charge in [-0.1, -0.05) is 64.5 Å². The van der Waals surface area contributed by atoms with Crippen LogP contribution in [0.5, 0.6) is 5.75 Å². The number of carbonyl (C=O) groups excluding carboxylic acids is 1. The van der Waals surface area contributed by atoms with Crippen LogP contribution < -0.4 is 4.74 Å². The second kappa shape index (κ2) is 8.36. The van der Waals surface area contributed by atoms with Crippen molar-refractivity contribution < 1.29 is 9.53 Å². The Labute approximate surface area is 168 Å². The number of hydrogen-bond acceptors (Lipinski definition) is 2. The van der Waals surface area contributed by atoms with E-state index in [4.69, 9.17) is 4.74 Å². The van der Waals surface area contributed by atoms with Crippen LogP contribution in [0.1, 0.15) is 32.6 Å². The van der Waals surface area contributed by atoms with Gasteiger partial charge in [-0.3, -0.25) is 4.79 Å². The quantitative estimate of drug-likeness (QED) is 0.339. The average molecular weight is 421 g/mol. The fourth-order valence-electron chi connectivity index (χ4n) is 3.19. The largest absolute Gasteiger partial charge is 0.496 e. The molecule has 0 atom stereocenters. The molecule has 0 unspecified atom stereocenters. The van der Waals surface area contributed by atoms with Crippen LogP contribution in [0.4, 0.5) is 0 Å². The van der Waals surface area contributed by atoms with Gasteiger partial charge in [-0.05, 0) is 65.4 Å². The number of carbonyl (C=O) groups is 1. The van der Waals surface area contributed by atoms with E-state index < -0.39 is 0 Å². The zero-order valence-electron chi connectivity index (χ0n) is 15.6. The van der Waals surface area contributed by atoms with Gasteiger partial charge in [-0.25, -0.2) is 0 Å². The molecule has 0 heterocycles. The third-order valence-electron chi connectivity index (χ3n) is 4.70. The maximum Gasteiger partial charge on any atom is 0.153 e. The van der Waals surface area contributed by atoms with Crippen LogP contribution in [0, 0.1) is 13.8 Å². The highest BCUT2D eigenvalue weighted by Crippen LogP contribution is 2.34. The fraction of sp³-hybridized carbons (Fsp3) is 0.125. The minimum atomic E-state index is 0.557. The Morgan fingerprint density at radius 1 is 0.963 bits per heavy atom. The zero-order valence-corrected chi connectivity index (χ0v) is 17.2. The van der Waals surface area contributed by atoms with Gasteiger partial charge in [0.05, 0.1) is 12.7 Å². The molecule has 2 nitrogen and oxygen atoms in total. The summed E-state index contributed by atoms with van der Waals surface area (Å²) in [5.41, 5.74) is 7.35. The summed E-state index contributed by atoms with van der Waals surface area (Å²) in [5, 5.41) is 0. The second-order valence-electron chi connectivity index (χ2n) is 6.41. The van der Waals surface area contributed by atoms with E-state index in [1.807, 2.05) is 25.1 Å². The highest BCUT2D eigenvalue weighted by atomic mass is 79.9. The minimum Gasteiger partial charge on any atom is -0.496 e. The first-order chi connectivity index (χ1) is 13.0.